The number of rotatable bonds is 3. The van der Waals surface area contributed by atoms with Crippen LogP contribution in [0.1, 0.15) is 12.8 Å². The van der Waals surface area contributed by atoms with E-state index in [0.717, 1.165) is 0 Å². The Morgan fingerprint density at radius 1 is 1.38 bits per heavy atom. The molecule has 1 aromatic carbocycles. The molecule has 2 aliphatic heterocycles. The minimum absolute atomic E-state index is 0.00285. The number of aliphatic hydroxyl groups excluding tert-OH is 1. The van der Waals surface area contributed by atoms with Crippen molar-refractivity contribution in [3.8, 4) is 5.75 Å². The molecule has 3 rings (SSSR count). The molecule has 1 aromatic rings. The summed E-state index contributed by atoms with van der Waals surface area (Å²) < 4.78 is 10.7. The zero-order chi connectivity index (χ0) is 14.9. The predicted molar refractivity (Wildman–Crippen MR) is 78.5 cm³/mol. The van der Waals surface area contributed by atoms with Crippen LogP contribution in [0.25, 0.3) is 0 Å². The number of hydrogen-bond donors (Lipinski definition) is 4. The van der Waals surface area contributed by atoms with Gasteiger partial charge in [-0.15, -0.1) is 0 Å². The van der Waals surface area contributed by atoms with Gasteiger partial charge in [0.2, 0.25) is 0 Å². The van der Waals surface area contributed by atoms with Gasteiger partial charge in [0.25, 0.3) is 5.91 Å². The number of benzene rings is 1. The van der Waals surface area contributed by atoms with Crippen molar-refractivity contribution in [2.24, 2.45) is 0 Å². The second-order valence-corrected chi connectivity index (χ2v) is 5.45. The van der Waals surface area contributed by atoms with Crippen molar-refractivity contribution in [1.82, 2.24) is 0 Å². The normalized spacial score (nSPS) is 20.1. The molecule has 0 unspecified atom stereocenters. The van der Waals surface area contributed by atoms with E-state index in [1.165, 1.54) is 0 Å². The molecule has 0 spiro atoms. The molecule has 2 aliphatic rings. The lowest BCUT2D eigenvalue weighted by Gasteiger charge is -2.37. The number of hydrogen-bond acceptors (Lipinski definition) is 6. The third-order valence-corrected chi connectivity index (χ3v) is 3.94. The SMILES string of the molecule is Nc1cc2c(cc1NC1(CO)CCOCC1)NC(=O)CO2. The third kappa shape index (κ3) is 2.74. The van der Waals surface area contributed by atoms with Gasteiger partial charge in [-0.1, -0.05) is 0 Å². The fourth-order valence-corrected chi connectivity index (χ4v) is 2.62. The molecule has 0 aliphatic carbocycles. The molecule has 1 saturated heterocycles. The van der Waals surface area contributed by atoms with Crippen LogP contribution in [-0.4, -0.2) is 43.0 Å². The van der Waals surface area contributed by atoms with Gasteiger partial charge in [0.05, 0.1) is 29.2 Å². The standard InChI is InChI=1S/C14H19N3O4/c15-9-5-12-11(16-13(19)7-21-12)6-10(9)17-14(8-18)1-3-20-4-2-14/h5-6,17-18H,1-4,7-8,15H2,(H,16,19). The minimum atomic E-state index is -0.444. The molecule has 21 heavy (non-hydrogen) atoms. The average molecular weight is 293 g/mol. The molecule has 1 amide bonds. The fraction of sp³-hybridized carbons (Fsp3) is 0.500. The van der Waals surface area contributed by atoms with Crippen LogP contribution in [0, 0.1) is 0 Å². The highest BCUT2D eigenvalue weighted by Gasteiger charge is 2.32. The first-order chi connectivity index (χ1) is 10.1. The number of aliphatic hydroxyl groups is 1. The molecular weight excluding hydrogens is 274 g/mol. The summed E-state index contributed by atoms with van der Waals surface area (Å²) in [6.07, 6.45) is 1.39. The van der Waals surface area contributed by atoms with Crippen molar-refractivity contribution < 1.29 is 19.4 Å². The summed E-state index contributed by atoms with van der Waals surface area (Å²) in [7, 11) is 0. The van der Waals surface area contributed by atoms with Gasteiger partial charge in [0.15, 0.2) is 6.61 Å². The Bertz CT molecular complexity index is 555. The Labute approximate surface area is 122 Å². The van der Waals surface area contributed by atoms with Gasteiger partial charge in [-0.2, -0.15) is 0 Å². The van der Waals surface area contributed by atoms with E-state index < -0.39 is 5.54 Å². The van der Waals surface area contributed by atoms with E-state index in [1.807, 2.05) is 0 Å². The lowest BCUT2D eigenvalue weighted by atomic mass is 9.90. The van der Waals surface area contributed by atoms with Gasteiger partial charge in [0.1, 0.15) is 5.75 Å². The number of fused-ring (bicyclic) bond motifs is 1. The quantitative estimate of drug-likeness (QED) is 0.607. The summed E-state index contributed by atoms with van der Waals surface area (Å²) in [4.78, 5) is 11.4. The van der Waals surface area contributed by atoms with Crippen LogP contribution >= 0.6 is 0 Å². The summed E-state index contributed by atoms with van der Waals surface area (Å²) in [6.45, 7) is 1.18. The Morgan fingerprint density at radius 3 is 2.86 bits per heavy atom. The molecule has 114 valence electrons. The number of anilines is 3. The third-order valence-electron chi connectivity index (χ3n) is 3.94. The highest BCUT2D eigenvalue weighted by molar-refractivity contribution is 5.97. The Balaban J connectivity index is 1.88. The van der Waals surface area contributed by atoms with E-state index in [9.17, 15) is 9.90 Å². The molecule has 7 heteroatoms. The second kappa shape index (κ2) is 5.42. The Kier molecular flexibility index (Phi) is 3.60. The number of amides is 1. The van der Waals surface area contributed by atoms with Crippen LogP contribution in [0.3, 0.4) is 0 Å². The molecule has 7 nitrogen and oxygen atoms in total. The molecule has 2 heterocycles. The van der Waals surface area contributed by atoms with Gasteiger partial charge in [-0.05, 0) is 18.9 Å². The summed E-state index contributed by atoms with van der Waals surface area (Å²) in [6, 6.07) is 3.43. The van der Waals surface area contributed by atoms with E-state index in [2.05, 4.69) is 10.6 Å². The Morgan fingerprint density at radius 2 is 2.14 bits per heavy atom. The number of nitrogens with one attached hydrogen (secondary N) is 2. The van der Waals surface area contributed by atoms with E-state index in [0.29, 0.717) is 48.9 Å². The molecule has 1 fully saturated rings. The van der Waals surface area contributed by atoms with Crippen LogP contribution in [0.4, 0.5) is 17.1 Å². The zero-order valence-corrected chi connectivity index (χ0v) is 11.6. The maximum atomic E-state index is 11.4. The fourth-order valence-electron chi connectivity index (χ4n) is 2.62. The highest BCUT2D eigenvalue weighted by Crippen LogP contribution is 2.37. The van der Waals surface area contributed by atoms with Gasteiger partial charge >= 0.3 is 0 Å². The number of carbonyl (C=O) groups excluding carboxylic acids is 1. The number of nitrogen functional groups attached to an aromatic ring is 1. The predicted octanol–water partition coefficient (Wildman–Crippen LogP) is 0.553. The number of carbonyl (C=O) groups is 1. The second-order valence-electron chi connectivity index (χ2n) is 5.45. The summed E-state index contributed by atoms with van der Waals surface area (Å²) in [5.41, 5.74) is 7.38. The maximum absolute atomic E-state index is 11.4. The van der Waals surface area contributed by atoms with Crippen LogP contribution < -0.4 is 21.1 Å². The number of ether oxygens (including phenoxy) is 2. The Hall–Kier alpha value is -1.99. The smallest absolute Gasteiger partial charge is 0.262 e. The van der Waals surface area contributed by atoms with Crippen molar-refractivity contribution >= 4 is 23.0 Å². The van der Waals surface area contributed by atoms with E-state index in [1.54, 1.807) is 12.1 Å². The van der Waals surface area contributed by atoms with E-state index in [-0.39, 0.29) is 19.1 Å². The van der Waals surface area contributed by atoms with Crippen molar-refractivity contribution in [3.63, 3.8) is 0 Å². The molecule has 0 bridgehead atoms. The molecule has 0 aromatic heterocycles. The first kappa shape index (κ1) is 14.0. The van der Waals surface area contributed by atoms with Crippen molar-refractivity contribution in [1.29, 1.82) is 0 Å². The topological polar surface area (TPSA) is 106 Å². The van der Waals surface area contributed by atoms with E-state index >= 15 is 0 Å². The summed E-state index contributed by atoms with van der Waals surface area (Å²) >= 11 is 0. The van der Waals surface area contributed by atoms with Crippen molar-refractivity contribution in [3.05, 3.63) is 12.1 Å². The van der Waals surface area contributed by atoms with E-state index in [4.69, 9.17) is 15.2 Å². The van der Waals surface area contributed by atoms with Crippen LogP contribution in [0.15, 0.2) is 12.1 Å². The average Bonchev–Trinajstić information content (AvgIpc) is 2.49. The lowest BCUT2D eigenvalue weighted by Crippen LogP contribution is -2.47. The van der Waals surface area contributed by atoms with Crippen molar-refractivity contribution in [2.45, 2.75) is 18.4 Å². The van der Waals surface area contributed by atoms with Gasteiger partial charge in [0, 0.05) is 19.3 Å². The number of nitrogens with two attached hydrogens (primary N) is 1. The van der Waals surface area contributed by atoms with Crippen LogP contribution in [-0.2, 0) is 9.53 Å². The zero-order valence-electron chi connectivity index (χ0n) is 11.6. The first-order valence-electron chi connectivity index (χ1n) is 6.95. The monoisotopic (exact) mass is 293 g/mol. The largest absolute Gasteiger partial charge is 0.482 e. The molecular formula is C14H19N3O4. The first-order valence-corrected chi connectivity index (χ1v) is 6.95. The molecule has 0 radical (unpaired) electrons. The molecule has 0 atom stereocenters. The minimum Gasteiger partial charge on any atom is -0.482 e. The summed E-state index contributed by atoms with van der Waals surface area (Å²) in [5, 5.41) is 15.8. The van der Waals surface area contributed by atoms with Gasteiger partial charge in [-0.25, -0.2) is 0 Å². The molecule has 5 N–H and O–H groups in total. The van der Waals surface area contributed by atoms with Gasteiger partial charge < -0.3 is 30.9 Å². The maximum Gasteiger partial charge on any atom is 0.262 e. The van der Waals surface area contributed by atoms with Gasteiger partial charge in [-0.3, -0.25) is 4.79 Å². The van der Waals surface area contributed by atoms with Crippen LogP contribution in [0.2, 0.25) is 0 Å². The lowest BCUT2D eigenvalue weighted by molar-refractivity contribution is -0.118. The van der Waals surface area contributed by atoms with Crippen molar-refractivity contribution in [2.75, 3.05) is 42.8 Å². The van der Waals surface area contributed by atoms with Crippen LogP contribution in [0.5, 0.6) is 5.75 Å². The highest BCUT2D eigenvalue weighted by atomic mass is 16.5. The summed E-state index contributed by atoms with van der Waals surface area (Å²) in [5.74, 6) is 0.365. The molecule has 0 saturated carbocycles.